The van der Waals surface area contributed by atoms with Gasteiger partial charge in [-0.25, -0.2) is 4.98 Å². The van der Waals surface area contributed by atoms with E-state index in [2.05, 4.69) is 20.9 Å². The summed E-state index contributed by atoms with van der Waals surface area (Å²) in [4.78, 5) is 3.91. The van der Waals surface area contributed by atoms with Crippen LogP contribution in [0.4, 0.5) is 5.69 Å². The van der Waals surface area contributed by atoms with Crippen LogP contribution in [0.2, 0.25) is 5.15 Å². The van der Waals surface area contributed by atoms with Gasteiger partial charge in [0.25, 0.3) is 0 Å². The fourth-order valence-corrected chi connectivity index (χ4v) is 1.12. The number of nitrogens with two attached hydrogens (primary N) is 1. The Kier molecular flexibility index (Phi) is 3.56. The van der Waals surface area contributed by atoms with Crippen LogP contribution in [0, 0.1) is 0 Å². The highest BCUT2D eigenvalue weighted by molar-refractivity contribution is 9.09. The maximum absolute atomic E-state index is 5.67. The monoisotopic (exact) mass is 246 g/mol. The quantitative estimate of drug-likeness (QED) is 0.645. The number of pyridine rings is 1. The second-order valence-corrected chi connectivity index (χ2v) is 3.23. The zero-order chi connectivity index (χ0) is 8.97. The highest BCUT2D eigenvalue weighted by Gasteiger charge is 1.95. The Labute approximate surface area is 84.6 Å². The van der Waals surface area contributed by atoms with Gasteiger partial charge in [-0.3, -0.25) is 0 Å². The average Bonchev–Trinajstić information content (AvgIpc) is 2.03. The van der Waals surface area contributed by atoms with E-state index >= 15 is 0 Å². The molecule has 0 atom stereocenters. The van der Waals surface area contributed by atoms with E-state index in [0.717, 1.165) is 10.9 Å². The van der Waals surface area contributed by atoms with E-state index in [0.29, 0.717) is 10.8 Å². The molecule has 0 unspecified atom stereocenters. The second-order valence-electron chi connectivity index (χ2n) is 2.19. The number of allylic oxidation sites excluding steroid dienone is 1. The molecule has 0 saturated heterocycles. The molecule has 0 radical (unpaired) electrons. The van der Waals surface area contributed by atoms with E-state index < -0.39 is 0 Å². The molecule has 0 aromatic carbocycles. The maximum atomic E-state index is 5.67. The molecule has 0 aliphatic carbocycles. The van der Waals surface area contributed by atoms with E-state index in [4.69, 9.17) is 17.3 Å². The van der Waals surface area contributed by atoms with Crippen molar-refractivity contribution in [2.45, 2.75) is 0 Å². The molecule has 2 nitrogen and oxygen atoms in total. The Morgan fingerprint density at radius 1 is 1.67 bits per heavy atom. The third-order valence-electron chi connectivity index (χ3n) is 1.32. The number of halogens is 2. The summed E-state index contributed by atoms with van der Waals surface area (Å²) in [5.74, 6) is 0. The van der Waals surface area contributed by atoms with Crippen LogP contribution < -0.4 is 5.73 Å². The minimum atomic E-state index is 0.420. The third-order valence-corrected chi connectivity index (χ3v) is 1.90. The fourth-order valence-electron chi connectivity index (χ4n) is 0.765. The van der Waals surface area contributed by atoms with Gasteiger partial charge in [-0.1, -0.05) is 39.7 Å². The molecule has 0 saturated carbocycles. The van der Waals surface area contributed by atoms with Crippen molar-refractivity contribution in [2.75, 3.05) is 11.1 Å². The van der Waals surface area contributed by atoms with Gasteiger partial charge in [-0.15, -0.1) is 0 Å². The normalized spacial score (nSPS) is 10.8. The van der Waals surface area contributed by atoms with Crippen molar-refractivity contribution >= 4 is 39.3 Å². The average molecular weight is 248 g/mol. The highest BCUT2D eigenvalue weighted by atomic mass is 79.9. The number of alkyl halides is 1. The SMILES string of the molecule is Nc1cc(Cl)ncc1C=CCBr. The van der Waals surface area contributed by atoms with E-state index in [1.807, 2.05) is 12.2 Å². The van der Waals surface area contributed by atoms with Gasteiger partial charge in [0.2, 0.25) is 0 Å². The lowest BCUT2D eigenvalue weighted by atomic mass is 10.2. The van der Waals surface area contributed by atoms with Crippen LogP contribution in [0.15, 0.2) is 18.3 Å². The first-order valence-corrected chi connectivity index (χ1v) is 4.87. The molecule has 12 heavy (non-hydrogen) atoms. The molecule has 4 heteroatoms. The predicted octanol–water partition coefficient (Wildman–Crippen LogP) is 2.73. The zero-order valence-corrected chi connectivity index (χ0v) is 8.64. The lowest BCUT2D eigenvalue weighted by Crippen LogP contribution is -1.90. The minimum absolute atomic E-state index is 0.420. The molecule has 0 spiro atoms. The van der Waals surface area contributed by atoms with Crippen molar-refractivity contribution in [3.63, 3.8) is 0 Å². The second kappa shape index (κ2) is 4.48. The number of nitrogens with zero attached hydrogens (tertiary/aromatic N) is 1. The van der Waals surface area contributed by atoms with Crippen molar-refractivity contribution in [2.24, 2.45) is 0 Å². The van der Waals surface area contributed by atoms with Gasteiger partial charge in [-0.2, -0.15) is 0 Å². The minimum Gasteiger partial charge on any atom is -0.398 e. The van der Waals surface area contributed by atoms with Crippen LogP contribution >= 0.6 is 27.5 Å². The number of rotatable bonds is 2. The zero-order valence-electron chi connectivity index (χ0n) is 6.30. The first-order valence-electron chi connectivity index (χ1n) is 3.37. The van der Waals surface area contributed by atoms with Crippen molar-refractivity contribution in [3.8, 4) is 0 Å². The molecule has 1 rings (SSSR count). The summed E-state index contributed by atoms with van der Waals surface area (Å²) in [5, 5.41) is 1.22. The molecule has 0 aliphatic heterocycles. The van der Waals surface area contributed by atoms with Gasteiger partial charge in [0.15, 0.2) is 0 Å². The molecule has 1 aromatic rings. The van der Waals surface area contributed by atoms with E-state index in [1.165, 1.54) is 0 Å². The van der Waals surface area contributed by atoms with Gasteiger partial charge in [-0.05, 0) is 6.07 Å². The van der Waals surface area contributed by atoms with E-state index in [1.54, 1.807) is 12.3 Å². The van der Waals surface area contributed by atoms with Crippen LogP contribution in [0.25, 0.3) is 6.08 Å². The lowest BCUT2D eigenvalue weighted by molar-refractivity contribution is 1.32. The lowest BCUT2D eigenvalue weighted by Gasteiger charge is -1.98. The van der Waals surface area contributed by atoms with Crippen LogP contribution in [0.5, 0.6) is 0 Å². The molecular weight excluding hydrogens is 239 g/mol. The standard InChI is InChI=1S/C8H8BrClN2/c9-3-1-2-6-5-12-8(10)4-7(6)11/h1-2,4-5H,3H2,(H2,11,12). The van der Waals surface area contributed by atoms with Crippen LogP contribution in [0.3, 0.4) is 0 Å². The maximum Gasteiger partial charge on any atom is 0.131 e. The molecule has 1 aromatic heterocycles. The molecule has 2 N–H and O–H groups in total. The number of aromatic nitrogens is 1. The predicted molar refractivity (Wildman–Crippen MR) is 56.5 cm³/mol. The molecular formula is C8H8BrClN2. The van der Waals surface area contributed by atoms with Crippen LogP contribution in [0.1, 0.15) is 5.56 Å². The number of hydrogen-bond acceptors (Lipinski definition) is 2. The molecule has 0 aliphatic rings. The third kappa shape index (κ3) is 2.50. The van der Waals surface area contributed by atoms with Crippen LogP contribution in [-0.2, 0) is 0 Å². The summed E-state index contributed by atoms with van der Waals surface area (Å²) in [7, 11) is 0. The van der Waals surface area contributed by atoms with Gasteiger partial charge in [0.1, 0.15) is 5.15 Å². The van der Waals surface area contributed by atoms with Crippen molar-refractivity contribution in [3.05, 3.63) is 29.1 Å². The highest BCUT2D eigenvalue weighted by Crippen LogP contribution is 2.16. The first-order chi connectivity index (χ1) is 5.74. The van der Waals surface area contributed by atoms with Gasteiger partial charge in [0, 0.05) is 22.8 Å². The topological polar surface area (TPSA) is 38.9 Å². The summed E-state index contributed by atoms with van der Waals surface area (Å²) in [6.07, 6.45) is 5.49. The smallest absolute Gasteiger partial charge is 0.131 e. The Bertz CT molecular complexity index is 299. The van der Waals surface area contributed by atoms with E-state index in [9.17, 15) is 0 Å². The first kappa shape index (κ1) is 9.55. The molecule has 0 bridgehead atoms. The van der Waals surface area contributed by atoms with Crippen molar-refractivity contribution < 1.29 is 0 Å². The van der Waals surface area contributed by atoms with Crippen molar-refractivity contribution in [1.82, 2.24) is 4.98 Å². The van der Waals surface area contributed by atoms with Crippen LogP contribution in [-0.4, -0.2) is 10.3 Å². The van der Waals surface area contributed by atoms with Gasteiger partial charge in [0.05, 0.1) is 0 Å². The molecule has 0 amide bonds. The Morgan fingerprint density at radius 2 is 2.42 bits per heavy atom. The summed E-state index contributed by atoms with van der Waals surface area (Å²) in [6.45, 7) is 0. The molecule has 64 valence electrons. The molecule has 0 fully saturated rings. The summed E-state index contributed by atoms with van der Waals surface area (Å²) < 4.78 is 0. The number of nitrogen functional groups attached to an aromatic ring is 1. The Hall–Kier alpha value is -0.540. The number of anilines is 1. The largest absolute Gasteiger partial charge is 0.398 e. The van der Waals surface area contributed by atoms with Crippen molar-refractivity contribution in [1.29, 1.82) is 0 Å². The summed E-state index contributed by atoms with van der Waals surface area (Å²) in [5.41, 5.74) is 7.20. The summed E-state index contributed by atoms with van der Waals surface area (Å²) >= 11 is 8.90. The van der Waals surface area contributed by atoms with Gasteiger partial charge < -0.3 is 5.73 Å². The van der Waals surface area contributed by atoms with E-state index in [-0.39, 0.29) is 0 Å². The Morgan fingerprint density at radius 3 is 3.00 bits per heavy atom. The Balaban J connectivity index is 2.94. The summed E-state index contributed by atoms with van der Waals surface area (Å²) in [6, 6.07) is 1.63. The molecule has 1 heterocycles. The fraction of sp³-hybridized carbons (Fsp3) is 0.125. The van der Waals surface area contributed by atoms with Gasteiger partial charge >= 0.3 is 0 Å². The number of hydrogen-bond donors (Lipinski definition) is 1.